The van der Waals surface area contributed by atoms with Crippen LogP contribution < -0.4 is 0 Å². The van der Waals surface area contributed by atoms with Crippen molar-refractivity contribution in [2.45, 2.75) is 32.2 Å². The van der Waals surface area contributed by atoms with Gasteiger partial charge in [0, 0.05) is 5.92 Å². The Kier molecular flexibility index (Phi) is 7.05. The van der Waals surface area contributed by atoms with E-state index in [1.165, 1.54) is 35.3 Å². The van der Waals surface area contributed by atoms with E-state index in [1.807, 2.05) is 6.08 Å². The second-order valence-corrected chi connectivity index (χ2v) is 9.49. The molecule has 0 aromatic heterocycles. The Morgan fingerprint density at radius 2 is 1.74 bits per heavy atom. The van der Waals surface area contributed by atoms with Gasteiger partial charge in [0.1, 0.15) is 22.9 Å². The van der Waals surface area contributed by atoms with Gasteiger partial charge >= 0.3 is 5.97 Å². The Labute approximate surface area is 218 Å². The van der Waals surface area contributed by atoms with Gasteiger partial charge in [0.15, 0.2) is 6.61 Å². The average molecular weight is 517 g/mol. The molecular weight excluding hydrogens is 490 g/mol. The number of carbonyl (C=O) groups is 2. The lowest BCUT2D eigenvalue weighted by molar-refractivity contribution is -0.137. The van der Waals surface area contributed by atoms with Gasteiger partial charge in [-0.25, -0.2) is 18.6 Å². The molecule has 1 fully saturated rings. The highest BCUT2D eigenvalue weighted by atomic mass is 19.1. The summed E-state index contributed by atoms with van der Waals surface area (Å²) < 4.78 is 32.4. The molecular formula is C30H26F2N2O4. The number of phenolic OH excluding ortho intramolecular Hbond substituents is 1. The standard InChI is InChI=1S/C30H26F2N2O4/c1-18-4-2-7-25(29(18)36)30(37)38-17-26(35)34-28(20-10-14-23(32)15-11-20)24-6-3-5-21(27(24)33-34)16-19-8-12-22(31)13-9-19/h2,4,7-16,24,28,36H,3,5-6,17H2,1H3. The van der Waals surface area contributed by atoms with Gasteiger partial charge in [0.2, 0.25) is 0 Å². The third-order valence-electron chi connectivity index (χ3n) is 6.96. The van der Waals surface area contributed by atoms with Crippen molar-refractivity contribution >= 4 is 23.7 Å². The van der Waals surface area contributed by atoms with E-state index in [9.17, 15) is 23.5 Å². The number of benzene rings is 3. The number of aromatic hydroxyl groups is 1. The smallest absolute Gasteiger partial charge is 0.342 e. The maximum atomic E-state index is 13.7. The highest BCUT2D eigenvalue weighted by Crippen LogP contribution is 2.44. The third-order valence-corrected chi connectivity index (χ3v) is 6.96. The van der Waals surface area contributed by atoms with E-state index in [0.717, 1.165) is 36.1 Å². The highest BCUT2D eigenvalue weighted by Gasteiger charge is 2.44. The van der Waals surface area contributed by atoms with Crippen LogP contribution in [0.15, 0.2) is 77.4 Å². The van der Waals surface area contributed by atoms with E-state index in [2.05, 4.69) is 0 Å². The molecule has 0 bridgehead atoms. The van der Waals surface area contributed by atoms with Crippen LogP contribution in [0.3, 0.4) is 0 Å². The molecule has 2 atom stereocenters. The maximum Gasteiger partial charge on any atom is 0.342 e. The van der Waals surface area contributed by atoms with Crippen molar-refractivity contribution in [3.05, 3.63) is 106 Å². The highest BCUT2D eigenvalue weighted by molar-refractivity contribution is 6.08. The molecule has 3 aromatic carbocycles. The van der Waals surface area contributed by atoms with Gasteiger partial charge in [-0.3, -0.25) is 4.79 Å². The van der Waals surface area contributed by atoms with Gasteiger partial charge in [-0.1, -0.05) is 36.4 Å². The number of carbonyl (C=O) groups excluding carboxylic acids is 2. The first-order valence-electron chi connectivity index (χ1n) is 12.4. The van der Waals surface area contributed by atoms with Crippen molar-refractivity contribution < 1.29 is 28.2 Å². The van der Waals surface area contributed by atoms with Crippen molar-refractivity contribution in [2.75, 3.05) is 6.61 Å². The minimum atomic E-state index is -0.820. The molecule has 2 unspecified atom stereocenters. The number of halogens is 2. The Hall–Kier alpha value is -4.33. The molecule has 3 aromatic rings. The van der Waals surface area contributed by atoms with Crippen molar-refractivity contribution in [3.63, 3.8) is 0 Å². The SMILES string of the molecule is Cc1cccc(C(=O)OCC(=O)N2N=C3C(=Cc4ccc(F)cc4)CCCC3C2c2ccc(F)cc2)c1O. The molecule has 1 saturated carbocycles. The zero-order chi connectivity index (χ0) is 26.8. The van der Waals surface area contributed by atoms with Crippen molar-refractivity contribution in [1.82, 2.24) is 5.01 Å². The number of rotatable bonds is 5. The van der Waals surface area contributed by atoms with Gasteiger partial charge in [0.05, 0.1) is 11.8 Å². The zero-order valence-electron chi connectivity index (χ0n) is 20.7. The van der Waals surface area contributed by atoms with Crippen molar-refractivity contribution in [1.29, 1.82) is 0 Å². The molecule has 194 valence electrons. The second kappa shape index (κ2) is 10.6. The Morgan fingerprint density at radius 3 is 2.45 bits per heavy atom. The molecule has 0 saturated heterocycles. The van der Waals surface area contributed by atoms with Gasteiger partial charge in [-0.2, -0.15) is 5.10 Å². The number of ether oxygens (including phenoxy) is 1. The van der Waals surface area contributed by atoms with E-state index in [1.54, 1.807) is 43.3 Å². The summed E-state index contributed by atoms with van der Waals surface area (Å²) in [7, 11) is 0. The molecule has 0 radical (unpaired) electrons. The first kappa shape index (κ1) is 25.3. The fraction of sp³-hybridized carbons (Fsp3) is 0.233. The summed E-state index contributed by atoms with van der Waals surface area (Å²) in [6, 6.07) is 16.3. The van der Waals surface area contributed by atoms with Crippen molar-refractivity contribution in [3.8, 4) is 5.75 Å². The van der Waals surface area contributed by atoms with Crippen LogP contribution in [0.25, 0.3) is 6.08 Å². The number of esters is 1. The molecule has 1 amide bonds. The maximum absolute atomic E-state index is 13.7. The van der Waals surface area contributed by atoms with Crippen LogP contribution in [-0.2, 0) is 9.53 Å². The van der Waals surface area contributed by atoms with Crippen molar-refractivity contribution in [2.24, 2.45) is 11.0 Å². The van der Waals surface area contributed by atoms with Crippen LogP contribution in [-0.4, -0.2) is 34.3 Å². The molecule has 1 aliphatic carbocycles. The second-order valence-electron chi connectivity index (χ2n) is 9.49. The number of hydrogen-bond acceptors (Lipinski definition) is 5. The van der Waals surface area contributed by atoms with Crippen LogP contribution in [0.1, 0.15) is 52.4 Å². The lowest BCUT2D eigenvalue weighted by Crippen LogP contribution is -2.34. The van der Waals surface area contributed by atoms with Crippen LogP contribution in [0.5, 0.6) is 5.75 Å². The molecule has 1 heterocycles. The Bertz CT molecular complexity index is 1430. The lowest BCUT2D eigenvalue weighted by atomic mass is 9.77. The van der Waals surface area contributed by atoms with E-state index in [-0.39, 0.29) is 23.0 Å². The fourth-order valence-electron chi connectivity index (χ4n) is 5.06. The minimum absolute atomic E-state index is 0.0289. The number of para-hydroxylation sites is 1. The van der Waals surface area contributed by atoms with E-state index in [4.69, 9.17) is 9.84 Å². The van der Waals surface area contributed by atoms with Gasteiger partial charge < -0.3 is 9.84 Å². The quantitative estimate of drug-likeness (QED) is 0.425. The summed E-state index contributed by atoms with van der Waals surface area (Å²) in [5.41, 5.74) is 3.70. The number of amides is 1. The predicted octanol–water partition coefficient (Wildman–Crippen LogP) is 5.96. The molecule has 8 heteroatoms. The molecule has 1 N–H and O–H groups in total. The number of phenols is 1. The van der Waals surface area contributed by atoms with E-state index in [0.29, 0.717) is 11.1 Å². The molecule has 6 nitrogen and oxygen atoms in total. The minimum Gasteiger partial charge on any atom is -0.507 e. The number of nitrogens with zero attached hydrogens (tertiary/aromatic N) is 2. The first-order valence-corrected chi connectivity index (χ1v) is 12.4. The number of hydrazone groups is 1. The largest absolute Gasteiger partial charge is 0.507 e. The topological polar surface area (TPSA) is 79.2 Å². The number of aryl methyl sites for hydroxylation is 1. The van der Waals surface area contributed by atoms with Gasteiger partial charge in [0.25, 0.3) is 5.91 Å². The fourth-order valence-corrected chi connectivity index (χ4v) is 5.06. The predicted molar refractivity (Wildman–Crippen MR) is 138 cm³/mol. The molecule has 2 aliphatic rings. The summed E-state index contributed by atoms with van der Waals surface area (Å²) in [4.78, 5) is 26.0. The van der Waals surface area contributed by atoms with E-state index >= 15 is 0 Å². The van der Waals surface area contributed by atoms with Crippen LogP contribution in [0.4, 0.5) is 8.78 Å². The summed E-state index contributed by atoms with van der Waals surface area (Å²) >= 11 is 0. The van der Waals surface area contributed by atoms with Crippen LogP contribution >= 0.6 is 0 Å². The van der Waals surface area contributed by atoms with E-state index < -0.39 is 30.3 Å². The van der Waals surface area contributed by atoms with Gasteiger partial charge in [-0.15, -0.1) is 0 Å². The normalized spacial score (nSPS) is 19.7. The van der Waals surface area contributed by atoms with Crippen LogP contribution in [0, 0.1) is 24.5 Å². The average Bonchev–Trinajstić information content (AvgIpc) is 3.31. The molecule has 1 aliphatic heterocycles. The van der Waals surface area contributed by atoms with Crippen LogP contribution in [0.2, 0.25) is 0 Å². The number of allylic oxidation sites excluding steroid dienone is 1. The monoisotopic (exact) mass is 516 g/mol. The lowest BCUT2D eigenvalue weighted by Gasteiger charge is -2.29. The molecule has 5 rings (SSSR count). The summed E-state index contributed by atoms with van der Waals surface area (Å²) in [6.45, 7) is 1.08. The zero-order valence-corrected chi connectivity index (χ0v) is 20.7. The Morgan fingerprint density at radius 1 is 1.05 bits per heavy atom. The Balaban J connectivity index is 1.44. The number of fused-ring (bicyclic) bond motifs is 1. The third kappa shape index (κ3) is 5.07. The summed E-state index contributed by atoms with van der Waals surface area (Å²) in [5, 5.41) is 16.2. The summed E-state index contributed by atoms with van der Waals surface area (Å²) in [6.07, 6.45) is 4.31. The first-order chi connectivity index (χ1) is 18.3. The van der Waals surface area contributed by atoms with Gasteiger partial charge in [-0.05, 0) is 84.9 Å². The number of hydrogen-bond donors (Lipinski definition) is 1. The molecule has 38 heavy (non-hydrogen) atoms. The molecule has 0 spiro atoms. The summed E-state index contributed by atoms with van der Waals surface area (Å²) in [5.74, 6) is -2.41.